The second-order valence-electron chi connectivity index (χ2n) is 5.85. The van der Waals surface area contributed by atoms with Crippen molar-refractivity contribution >= 4 is 11.4 Å². The Balaban J connectivity index is 2.05. The van der Waals surface area contributed by atoms with Crippen molar-refractivity contribution in [2.45, 2.75) is 52.0 Å². The zero-order valence-corrected chi connectivity index (χ0v) is 13.1. The van der Waals surface area contributed by atoms with E-state index in [1.807, 2.05) is 13.0 Å². The van der Waals surface area contributed by atoms with Gasteiger partial charge in [-0.2, -0.15) is 0 Å². The highest BCUT2D eigenvalue weighted by molar-refractivity contribution is 5.62. The summed E-state index contributed by atoms with van der Waals surface area (Å²) in [5.74, 6) is 1.74. The molecule has 0 amide bonds. The molecule has 1 aromatic rings. The maximum atomic E-state index is 5.95. The van der Waals surface area contributed by atoms with Crippen molar-refractivity contribution in [1.82, 2.24) is 0 Å². The second kappa shape index (κ2) is 6.87. The van der Waals surface area contributed by atoms with E-state index in [4.69, 9.17) is 10.5 Å². The van der Waals surface area contributed by atoms with Gasteiger partial charge in [-0.05, 0) is 50.7 Å². The average Bonchev–Trinajstić information content (AvgIpc) is 2.49. The standard InChI is InChI=1S/C17H28N2O/c1-4-13-6-8-14(9-7-13)19(3)15-10-11-16(18)17(12-15)20-5-2/h10-14H,4-9,18H2,1-3H3. The average molecular weight is 276 g/mol. The van der Waals surface area contributed by atoms with Gasteiger partial charge in [0, 0.05) is 24.8 Å². The van der Waals surface area contributed by atoms with E-state index in [9.17, 15) is 0 Å². The molecule has 0 saturated heterocycles. The highest BCUT2D eigenvalue weighted by Gasteiger charge is 2.23. The highest BCUT2D eigenvalue weighted by Crippen LogP contribution is 2.33. The van der Waals surface area contributed by atoms with Crippen LogP contribution >= 0.6 is 0 Å². The molecule has 0 aliphatic heterocycles. The second-order valence-corrected chi connectivity index (χ2v) is 5.85. The summed E-state index contributed by atoms with van der Waals surface area (Å²) in [6.07, 6.45) is 6.64. The largest absolute Gasteiger partial charge is 0.492 e. The van der Waals surface area contributed by atoms with E-state index in [0.717, 1.165) is 17.4 Å². The Morgan fingerprint density at radius 2 is 1.90 bits per heavy atom. The third-order valence-electron chi connectivity index (χ3n) is 4.65. The van der Waals surface area contributed by atoms with Gasteiger partial charge in [0.25, 0.3) is 0 Å². The van der Waals surface area contributed by atoms with Crippen LogP contribution < -0.4 is 15.4 Å². The fraction of sp³-hybridized carbons (Fsp3) is 0.647. The smallest absolute Gasteiger partial charge is 0.144 e. The van der Waals surface area contributed by atoms with Crippen molar-refractivity contribution in [3.63, 3.8) is 0 Å². The predicted octanol–water partition coefficient (Wildman–Crippen LogP) is 4.07. The topological polar surface area (TPSA) is 38.5 Å². The molecule has 1 aromatic carbocycles. The molecule has 0 unspecified atom stereocenters. The lowest BCUT2D eigenvalue weighted by Gasteiger charge is -2.36. The number of ether oxygens (including phenoxy) is 1. The molecular weight excluding hydrogens is 248 g/mol. The molecule has 1 fully saturated rings. The Bertz CT molecular complexity index is 425. The van der Waals surface area contributed by atoms with E-state index < -0.39 is 0 Å². The predicted molar refractivity (Wildman–Crippen MR) is 86.5 cm³/mol. The van der Waals surface area contributed by atoms with Crippen LogP contribution in [0, 0.1) is 5.92 Å². The molecule has 0 aromatic heterocycles. The van der Waals surface area contributed by atoms with Crippen LogP contribution in [0.25, 0.3) is 0 Å². The minimum Gasteiger partial charge on any atom is -0.492 e. The van der Waals surface area contributed by atoms with Crippen molar-refractivity contribution < 1.29 is 4.74 Å². The van der Waals surface area contributed by atoms with Crippen LogP contribution in [0.2, 0.25) is 0 Å². The quantitative estimate of drug-likeness (QED) is 0.824. The van der Waals surface area contributed by atoms with Gasteiger partial charge in [0.2, 0.25) is 0 Å². The van der Waals surface area contributed by atoms with Crippen molar-refractivity contribution in [3.8, 4) is 5.75 Å². The van der Waals surface area contributed by atoms with Crippen molar-refractivity contribution in [1.29, 1.82) is 0 Å². The molecule has 20 heavy (non-hydrogen) atoms. The molecule has 0 radical (unpaired) electrons. The highest BCUT2D eigenvalue weighted by atomic mass is 16.5. The number of nitrogen functional groups attached to an aromatic ring is 1. The third-order valence-corrected chi connectivity index (χ3v) is 4.65. The summed E-state index contributed by atoms with van der Waals surface area (Å²) in [6.45, 7) is 4.95. The molecule has 1 saturated carbocycles. The summed E-state index contributed by atoms with van der Waals surface area (Å²) in [7, 11) is 2.19. The number of hydrogen-bond donors (Lipinski definition) is 1. The number of benzene rings is 1. The Kier molecular flexibility index (Phi) is 5.16. The zero-order valence-electron chi connectivity index (χ0n) is 13.1. The number of nitrogens with zero attached hydrogens (tertiary/aromatic N) is 1. The van der Waals surface area contributed by atoms with Crippen LogP contribution in [0.3, 0.4) is 0 Å². The summed E-state index contributed by atoms with van der Waals surface area (Å²) in [5, 5.41) is 0. The number of hydrogen-bond acceptors (Lipinski definition) is 3. The van der Waals surface area contributed by atoms with Gasteiger partial charge in [-0.25, -0.2) is 0 Å². The Labute approximate surface area is 123 Å². The summed E-state index contributed by atoms with van der Waals surface area (Å²) in [6, 6.07) is 6.78. The SMILES string of the molecule is CCOc1cc(N(C)C2CCC(CC)CC2)ccc1N. The lowest BCUT2D eigenvalue weighted by atomic mass is 9.84. The van der Waals surface area contributed by atoms with Gasteiger partial charge in [0.15, 0.2) is 0 Å². The van der Waals surface area contributed by atoms with E-state index in [1.165, 1.54) is 37.8 Å². The van der Waals surface area contributed by atoms with Crippen LogP contribution in [-0.2, 0) is 0 Å². The first-order chi connectivity index (χ1) is 9.65. The first-order valence-corrected chi connectivity index (χ1v) is 7.90. The fourth-order valence-electron chi connectivity index (χ4n) is 3.17. The summed E-state index contributed by atoms with van der Waals surface area (Å²) >= 11 is 0. The molecular formula is C17H28N2O. The van der Waals surface area contributed by atoms with E-state index in [1.54, 1.807) is 0 Å². The van der Waals surface area contributed by atoms with Crippen LogP contribution in [-0.4, -0.2) is 19.7 Å². The monoisotopic (exact) mass is 276 g/mol. The minimum atomic E-state index is 0.649. The van der Waals surface area contributed by atoms with Gasteiger partial charge >= 0.3 is 0 Å². The zero-order chi connectivity index (χ0) is 14.5. The van der Waals surface area contributed by atoms with Crippen LogP contribution in [0.15, 0.2) is 18.2 Å². The molecule has 112 valence electrons. The van der Waals surface area contributed by atoms with Crippen molar-refractivity contribution in [2.75, 3.05) is 24.3 Å². The van der Waals surface area contributed by atoms with Crippen LogP contribution in [0.4, 0.5) is 11.4 Å². The lowest BCUT2D eigenvalue weighted by molar-refractivity contribution is 0.313. The molecule has 0 heterocycles. The number of nitrogens with two attached hydrogens (primary N) is 1. The van der Waals surface area contributed by atoms with Gasteiger partial charge < -0.3 is 15.4 Å². The maximum absolute atomic E-state index is 5.95. The number of rotatable bonds is 5. The lowest BCUT2D eigenvalue weighted by Crippen LogP contribution is -2.35. The molecule has 0 spiro atoms. The van der Waals surface area contributed by atoms with E-state index in [-0.39, 0.29) is 0 Å². The minimum absolute atomic E-state index is 0.649. The van der Waals surface area contributed by atoms with E-state index in [0.29, 0.717) is 12.6 Å². The Morgan fingerprint density at radius 1 is 1.20 bits per heavy atom. The summed E-state index contributed by atoms with van der Waals surface area (Å²) in [4.78, 5) is 2.40. The van der Waals surface area contributed by atoms with Gasteiger partial charge in [-0.1, -0.05) is 13.3 Å². The molecule has 1 aliphatic carbocycles. The summed E-state index contributed by atoms with van der Waals surface area (Å²) in [5.41, 5.74) is 7.88. The first-order valence-electron chi connectivity index (χ1n) is 7.90. The van der Waals surface area contributed by atoms with Crippen molar-refractivity contribution in [2.24, 2.45) is 5.92 Å². The maximum Gasteiger partial charge on any atom is 0.144 e. The van der Waals surface area contributed by atoms with Gasteiger partial charge in [-0.3, -0.25) is 0 Å². The molecule has 1 aliphatic rings. The third kappa shape index (κ3) is 3.38. The van der Waals surface area contributed by atoms with Gasteiger partial charge in [-0.15, -0.1) is 0 Å². The van der Waals surface area contributed by atoms with E-state index >= 15 is 0 Å². The van der Waals surface area contributed by atoms with Crippen molar-refractivity contribution in [3.05, 3.63) is 18.2 Å². The normalized spacial score (nSPS) is 22.6. The van der Waals surface area contributed by atoms with Crippen LogP contribution in [0.5, 0.6) is 5.75 Å². The van der Waals surface area contributed by atoms with E-state index in [2.05, 4.69) is 31.0 Å². The van der Waals surface area contributed by atoms with Gasteiger partial charge in [0.1, 0.15) is 5.75 Å². The number of anilines is 2. The Morgan fingerprint density at radius 3 is 2.50 bits per heavy atom. The molecule has 2 N–H and O–H groups in total. The molecule has 2 rings (SSSR count). The Hall–Kier alpha value is -1.38. The molecule has 3 heteroatoms. The fourth-order valence-corrected chi connectivity index (χ4v) is 3.17. The van der Waals surface area contributed by atoms with Gasteiger partial charge in [0.05, 0.1) is 12.3 Å². The molecule has 0 atom stereocenters. The van der Waals surface area contributed by atoms with Crippen LogP contribution in [0.1, 0.15) is 46.0 Å². The summed E-state index contributed by atoms with van der Waals surface area (Å²) < 4.78 is 5.60. The molecule has 3 nitrogen and oxygen atoms in total. The first kappa shape index (κ1) is 15.0. The molecule has 0 bridgehead atoms.